The summed E-state index contributed by atoms with van der Waals surface area (Å²) in [6, 6.07) is 1.48. The average Bonchev–Trinajstić information content (AvgIpc) is 3.76. The number of hydrogen-bond donors (Lipinski definition) is 3. The summed E-state index contributed by atoms with van der Waals surface area (Å²) in [5.41, 5.74) is 3.76. The predicted molar refractivity (Wildman–Crippen MR) is 231 cm³/mol. The van der Waals surface area contributed by atoms with Crippen LogP contribution in [0.15, 0.2) is 47.6 Å². The zero-order valence-electron chi connectivity index (χ0n) is 35.4. The van der Waals surface area contributed by atoms with Gasteiger partial charge in [-0.3, -0.25) is 20.9 Å². The molecule has 6 saturated carbocycles. The van der Waals surface area contributed by atoms with E-state index in [-0.39, 0.29) is 18.6 Å². The first-order chi connectivity index (χ1) is 27.8. The van der Waals surface area contributed by atoms with E-state index < -0.39 is 0 Å². The molecule has 0 aromatic rings. The Labute approximate surface area is 342 Å². The van der Waals surface area contributed by atoms with Crippen molar-refractivity contribution in [3.63, 3.8) is 0 Å². The third-order valence-corrected chi connectivity index (χ3v) is 19.8. The fraction of sp³-hybridized carbons (Fsp3) is 0.846. The summed E-state index contributed by atoms with van der Waals surface area (Å²) in [5.74, 6) is 9.43. The summed E-state index contributed by atoms with van der Waals surface area (Å²) in [7, 11) is 0. The topological polar surface area (TPSA) is 39.3 Å². The SMILES string of the molecule is C1=CC(C2NC(C3=CCCC(C4CCCCC4)C3)NC(N3C4CCCCC4C4CC5C6CCCCC6C(C6C=CCCC6)(C6CCCCC6)C5CC43)N2)=CCC1. The van der Waals surface area contributed by atoms with Crippen molar-refractivity contribution in [2.75, 3.05) is 0 Å². The highest BCUT2D eigenvalue weighted by Gasteiger charge is 2.68. The van der Waals surface area contributed by atoms with Crippen LogP contribution in [-0.4, -0.2) is 35.6 Å². The molecule has 0 amide bonds. The monoisotopic (exact) mass is 761 g/mol. The van der Waals surface area contributed by atoms with Gasteiger partial charge in [0.1, 0.15) is 6.29 Å². The summed E-state index contributed by atoms with van der Waals surface area (Å²) < 4.78 is 0. The quantitative estimate of drug-likeness (QED) is 0.236. The number of nitrogens with zero attached hydrogens (tertiary/aromatic N) is 1. The van der Waals surface area contributed by atoms with Gasteiger partial charge in [-0.15, -0.1) is 0 Å². The Balaban J connectivity index is 0.951. The van der Waals surface area contributed by atoms with E-state index in [0.717, 1.165) is 71.3 Å². The largest absolute Gasteiger partial charge is 0.279 e. The molecule has 14 atom stereocenters. The van der Waals surface area contributed by atoms with Crippen LogP contribution in [0.3, 0.4) is 0 Å². The van der Waals surface area contributed by atoms with E-state index in [1.54, 1.807) is 37.7 Å². The molecule has 0 aromatic carbocycles. The minimum atomic E-state index is 0.222. The summed E-state index contributed by atoms with van der Waals surface area (Å²) in [6.07, 6.45) is 57.1. The molecule has 2 saturated heterocycles. The number of nitrogens with one attached hydrogen (secondary N) is 3. The number of allylic oxidation sites excluding steroid dienone is 5. The molecule has 2 heterocycles. The Morgan fingerprint density at radius 1 is 0.518 bits per heavy atom. The summed E-state index contributed by atoms with van der Waals surface area (Å²) in [4.78, 5) is 3.23. The van der Waals surface area contributed by atoms with Crippen molar-refractivity contribution in [3.8, 4) is 0 Å². The van der Waals surface area contributed by atoms with Crippen LogP contribution in [0, 0.1) is 64.6 Å². The van der Waals surface area contributed by atoms with Crippen molar-refractivity contribution in [1.82, 2.24) is 20.9 Å². The molecule has 308 valence electrons. The third kappa shape index (κ3) is 6.57. The molecule has 0 bridgehead atoms. The first-order valence-corrected chi connectivity index (χ1v) is 25.5. The maximum absolute atomic E-state index is 4.45. The van der Waals surface area contributed by atoms with Gasteiger partial charge >= 0.3 is 0 Å². The molecule has 4 nitrogen and oxygen atoms in total. The van der Waals surface area contributed by atoms with Gasteiger partial charge < -0.3 is 0 Å². The van der Waals surface area contributed by atoms with Gasteiger partial charge in [0.05, 0.1) is 12.3 Å². The van der Waals surface area contributed by atoms with Gasteiger partial charge in [-0.1, -0.05) is 114 Å². The van der Waals surface area contributed by atoms with E-state index >= 15 is 0 Å². The van der Waals surface area contributed by atoms with Gasteiger partial charge in [-0.25, -0.2) is 0 Å². The van der Waals surface area contributed by atoms with Crippen LogP contribution in [0.2, 0.25) is 0 Å². The van der Waals surface area contributed by atoms with Crippen LogP contribution in [0.5, 0.6) is 0 Å². The van der Waals surface area contributed by atoms with Gasteiger partial charge in [-0.2, -0.15) is 0 Å². The molecule has 11 rings (SSSR count). The van der Waals surface area contributed by atoms with Gasteiger partial charge in [0.25, 0.3) is 0 Å². The van der Waals surface area contributed by atoms with Gasteiger partial charge in [0.2, 0.25) is 0 Å². The first-order valence-electron chi connectivity index (χ1n) is 25.5. The molecule has 14 unspecified atom stereocenters. The normalized spacial score (nSPS) is 47.7. The highest BCUT2D eigenvalue weighted by molar-refractivity contribution is 5.30. The minimum absolute atomic E-state index is 0.222. The Kier molecular flexibility index (Phi) is 11.0. The van der Waals surface area contributed by atoms with Crippen LogP contribution in [0.1, 0.15) is 180 Å². The molecule has 0 aromatic heterocycles. The lowest BCUT2D eigenvalue weighted by molar-refractivity contribution is -0.0704. The molecule has 8 fully saturated rings. The zero-order chi connectivity index (χ0) is 37.1. The van der Waals surface area contributed by atoms with Crippen LogP contribution in [0.25, 0.3) is 0 Å². The second-order valence-corrected chi connectivity index (χ2v) is 22.0. The molecule has 56 heavy (non-hydrogen) atoms. The van der Waals surface area contributed by atoms with Crippen molar-refractivity contribution in [2.45, 2.75) is 210 Å². The van der Waals surface area contributed by atoms with Crippen LogP contribution in [-0.2, 0) is 0 Å². The molecule has 0 spiro atoms. The lowest BCUT2D eigenvalue weighted by atomic mass is 9.49. The number of fused-ring (bicyclic) bond motifs is 6. The van der Waals surface area contributed by atoms with Crippen LogP contribution >= 0.6 is 0 Å². The Morgan fingerprint density at radius 3 is 2.12 bits per heavy atom. The fourth-order valence-electron chi connectivity index (χ4n) is 17.9. The predicted octanol–water partition coefficient (Wildman–Crippen LogP) is 11.9. The van der Waals surface area contributed by atoms with Gasteiger partial charge in [0.15, 0.2) is 0 Å². The summed E-state index contributed by atoms with van der Waals surface area (Å²) in [6.45, 7) is 0. The standard InChI is InChI=1S/C52H80N4/c1-5-18-35(19-6-1)37-22-17-23-38(32-37)50-53-49(36-20-7-2-8-21-36)54-51(55-50)56-47-31-16-14-29-42(47)44-33-43-41-28-13-15-30-45(41)52(46(43)34-48(44)56,39-24-9-3-10-25-39)40-26-11-4-12-27-40/h7,9,20-21,23-24,35,37,39-51,53-55H,1-6,8,10-19,22,25-34H2. The van der Waals surface area contributed by atoms with Crippen molar-refractivity contribution in [1.29, 1.82) is 0 Å². The van der Waals surface area contributed by atoms with Crippen molar-refractivity contribution < 1.29 is 0 Å². The second-order valence-electron chi connectivity index (χ2n) is 22.0. The zero-order valence-corrected chi connectivity index (χ0v) is 35.4. The van der Waals surface area contributed by atoms with E-state index in [2.05, 4.69) is 57.3 Å². The average molecular weight is 761 g/mol. The molecular weight excluding hydrogens is 681 g/mol. The van der Waals surface area contributed by atoms with Gasteiger partial charge in [0, 0.05) is 12.1 Å². The highest BCUT2D eigenvalue weighted by atomic mass is 15.5. The van der Waals surface area contributed by atoms with Gasteiger partial charge in [-0.05, 0) is 178 Å². The molecule has 9 aliphatic carbocycles. The Bertz CT molecular complexity index is 1500. The molecule has 0 radical (unpaired) electrons. The molecule has 2 aliphatic heterocycles. The number of likely N-dealkylation sites (tertiary alicyclic amines) is 1. The van der Waals surface area contributed by atoms with Crippen molar-refractivity contribution in [2.24, 2.45) is 64.6 Å². The highest BCUT2D eigenvalue weighted by Crippen LogP contribution is 2.73. The smallest absolute Gasteiger partial charge is 0.117 e. The van der Waals surface area contributed by atoms with E-state index in [0.29, 0.717) is 5.41 Å². The third-order valence-electron chi connectivity index (χ3n) is 19.8. The maximum Gasteiger partial charge on any atom is 0.117 e. The first kappa shape index (κ1) is 37.8. The Morgan fingerprint density at radius 2 is 1.30 bits per heavy atom. The lowest BCUT2D eigenvalue weighted by Crippen LogP contribution is -2.74. The Hall–Kier alpha value is -1.20. The van der Waals surface area contributed by atoms with Crippen molar-refractivity contribution in [3.05, 3.63) is 47.6 Å². The lowest BCUT2D eigenvalue weighted by Gasteiger charge is -2.56. The second kappa shape index (κ2) is 16.3. The van der Waals surface area contributed by atoms with Crippen LogP contribution in [0.4, 0.5) is 0 Å². The fourth-order valence-corrected chi connectivity index (χ4v) is 17.9. The van der Waals surface area contributed by atoms with E-state index in [4.69, 9.17) is 0 Å². The molecule has 3 N–H and O–H groups in total. The number of hydrogen-bond acceptors (Lipinski definition) is 4. The molecule has 11 aliphatic rings. The minimum Gasteiger partial charge on any atom is -0.279 e. The molecular formula is C52H80N4. The molecule has 4 heteroatoms. The van der Waals surface area contributed by atoms with E-state index in [1.165, 1.54) is 153 Å². The van der Waals surface area contributed by atoms with Crippen molar-refractivity contribution >= 4 is 0 Å². The van der Waals surface area contributed by atoms with E-state index in [1.807, 2.05) is 0 Å². The number of rotatable bonds is 6. The van der Waals surface area contributed by atoms with E-state index in [9.17, 15) is 0 Å². The maximum atomic E-state index is 4.45. The summed E-state index contributed by atoms with van der Waals surface area (Å²) >= 11 is 0. The summed E-state index contributed by atoms with van der Waals surface area (Å²) in [5, 5.41) is 13.1. The van der Waals surface area contributed by atoms with Crippen LogP contribution < -0.4 is 16.0 Å².